The third kappa shape index (κ3) is 5.80. The van der Waals surface area contributed by atoms with Gasteiger partial charge in [0, 0.05) is 44.6 Å². The average Bonchev–Trinajstić information content (AvgIpc) is 2.62. The second-order valence-corrected chi connectivity index (χ2v) is 8.25. The Morgan fingerprint density at radius 3 is 2.52 bits per heavy atom. The molecule has 0 bridgehead atoms. The maximum atomic E-state index is 12.6. The molecule has 0 saturated carbocycles. The normalized spacial score (nSPS) is 17.7. The highest BCUT2D eigenvalue weighted by Crippen LogP contribution is 2.28. The summed E-state index contributed by atoms with van der Waals surface area (Å²) in [4.78, 5) is 8.33. The molecule has 2 N–H and O–H groups in total. The van der Waals surface area contributed by atoms with E-state index in [4.69, 9.17) is 0 Å². The molecule has 0 unspecified atom stereocenters. The summed E-state index contributed by atoms with van der Waals surface area (Å²) in [5, 5.41) is 6.28. The molecule has 1 aliphatic heterocycles. The molecule has 11 heteroatoms. The largest absolute Gasteiger partial charge is 0.511 e. The molecule has 1 fully saturated rings. The lowest BCUT2D eigenvalue weighted by Crippen LogP contribution is -2.51. The molecule has 152 valence electrons. The summed E-state index contributed by atoms with van der Waals surface area (Å²) in [7, 11) is -3.65. The van der Waals surface area contributed by atoms with E-state index in [-0.39, 0.29) is 32.0 Å². The highest BCUT2D eigenvalue weighted by molar-refractivity contribution is 7.90. The van der Waals surface area contributed by atoms with Crippen LogP contribution in [0.1, 0.15) is 24.1 Å². The molecule has 0 radical (unpaired) electrons. The van der Waals surface area contributed by atoms with Crippen molar-refractivity contribution in [2.24, 2.45) is 4.99 Å². The Morgan fingerprint density at radius 2 is 2.00 bits per heavy atom. The number of piperidine rings is 1. The number of halogens is 3. The minimum Gasteiger partial charge on any atom is -0.356 e. The SMILES string of the molecule is CN=C(NCCc1ccc(C)nc1)NC1CCN(S(=O)(=O)C(F)(F)F)CC1. The van der Waals surface area contributed by atoms with Gasteiger partial charge in [-0.3, -0.25) is 9.98 Å². The number of alkyl halides is 3. The number of rotatable bonds is 5. The molecule has 0 aromatic carbocycles. The van der Waals surface area contributed by atoms with Gasteiger partial charge in [-0.05, 0) is 37.8 Å². The Morgan fingerprint density at radius 1 is 1.33 bits per heavy atom. The van der Waals surface area contributed by atoms with Crippen molar-refractivity contribution in [1.82, 2.24) is 19.9 Å². The molecule has 1 saturated heterocycles. The van der Waals surface area contributed by atoms with Crippen molar-refractivity contribution in [3.8, 4) is 0 Å². The fraction of sp³-hybridized carbons (Fsp3) is 0.625. The number of guanidine groups is 1. The van der Waals surface area contributed by atoms with Crippen molar-refractivity contribution in [2.75, 3.05) is 26.7 Å². The van der Waals surface area contributed by atoms with Gasteiger partial charge in [0.2, 0.25) is 0 Å². The Hall–Kier alpha value is -1.88. The minimum atomic E-state index is -5.25. The van der Waals surface area contributed by atoms with Gasteiger partial charge in [-0.2, -0.15) is 17.5 Å². The monoisotopic (exact) mass is 407 g/mol. The van der Waals surface area contributed by atoms with Gasteiger partial charge >= 0.3 is 15.5 Å². The lowest BCUT2D eigenvalue weighted by atomic mass is 10.1. The quantitative estimate of drug-likeness (QED) is 0.569. The van der Waals surface area contributed by atoms with Crippen molar-refractivity contribution < 1.29 is 21.6 Å². The smallest absolute Gasteiger partial charge is 0.356 e. The van der Waals surface area contributed by atoms with E-state index in [2.05, 4.69) is 20.6 Å². The molecule has 0 atom stereocenters. The first-order valence-corrected chi connectivity index (χ1v) is 10.0. The molecule has 7 nitrogen and oxygen atoms in total. The van der Waals surface area contributed by atoms with Crippen LogP contribution in [0.5, 0.6) is 0 Å². The predicted octanol–water partition coefficient (Wildman–Crippen LogP) is 1.41. The zero-order valence-electron chi connectivity index (χ0n) is 15.3. The summed E-state index contributed by atoms with van der Waals surface area (Å²) in [5.41, 5.74) is -3.23. The third-order valence-electron chi connectivity index (χ3n) is 4.33. The number of nitrogens with one attached hydrogen (secondary N) is 2. The molecule has 2 heterocycles. The zero-order chi connectivity index (χ0) is 20.1. The number of pyridine rings is 1. The van der Waals surface area contributed by atoms with Crippen LogP contribution in [-0.4, -0.2) is 61.9 Å². The standard InChI is InChI=1S/C16H24F3N5O2S/c1-12-3-4-13(11-22-12)5-8-21-15(20-2)23-14-6-9-24(10-7-14)27(25,26)16(17,18)19/h3-4,11,14H,5-10H2,1-2H3,(H2,20,21,23). The van der Waals surface area contributed by atoms with E-state index in [9.17, 15) is 21.6 Å². The highest BCUT2D eigenvalue weighted by atomic mass is 32.2. The van der Waals surface area contributed by atoms with Crippen LogP contribution in [0.4, 0.5) is 13.2 Å². The van der Waals surface area contributed by atoms with Crippen LogP contribution in [0.2, 0.25) is 0 Å². The number of aryl methyl sites for hydroxylation is 1. The number of aliphatic imine (C=N–C) groups is 1. The summed E-state index contributed by atoms with van der Waals surface area (Å²) in [6, 6.07) is 3.79. The van der Waals surface area contributed by atoms with Gasteiger partial charge in [0.1, 0.15) is 0 Å². The van der Waals surface area contributed by atoms with Crippen LogP contribution < -0.4 is 10.6 Å². The predicted molar refractivity (Wildman–Crippen MR) is 96.7 cm³/mol. The topological polar surface area (TPSA) is 86.7 Å². The van der Waals surface area contributed by atoms with Crippen LogP contribution in [-0.2, 0) is 16.4 Å². The van der Waals surface area contributed by atoms with Crippen LogP contribution in [0.15, 0.2) is 23.3 Å². The summed E-state index contributed by atoms with van der Waals surface area (Å²) in [5.74, 6) is 0.534. The lowest BCUT2D eigenvalue weighted by molar-refractivity contribution is -0.0494. The number of hydrogen-bond donors (Lipinski definition) is 2. The minimum absolute atomic E-state index is 0.142. The van der Waals surface area contributed by atoms with Crippen LogP contribution >= 0.6 is 0 Å². The summed E-state index contributed by atoms with van der Waals surface area (Å²) in [6.07, 6.45) is 3.11. The molecule has 0 aliphatic carbocycles. The Kier molecular flexibility index (Phi) is 7.04. The Balaban J connectivity index is 1.78. The molecule has 0 amide bonds. The van der Waals surface area contributed by atoms with Gasteiger partial charge in [-0.1, -0.05) is 6.07 Å². The maximum Gasteiger partial charge on any atom is 0.511 e. The molecule has 1 aromatic heterocycles. The van der Waals surface area contributed by atoms with E-state index < -0.39 is 15.5 Å². The van der Waals surface area contributed by atoms with Gasteiger partial charge < -0.3 is 10.6 Å². The van der Waals surface area contributed by atoms with Gasteiger partial charge in [-0.25, -0.2) is 8.42 Å². The van der Waals surface area contributed by atoms with E-state index in [0.717, 1.165) is 17.7 Å². The van der Waals surface area contributed by atoms with Crippen LogP contribution in [0.3, 0.4) is 0 Å². The maximum absolute atomic E-state index is 12.6. The second-order valence-electron chi connectivity index (χ2n) is 6.33. The van der Waals surface area contributed by atoms with Crippen molar-refractivity contribution in [3.63, 3.8) is 0 Å². The van der Waals surface area contributed by atoms with E-state index in [1.165, 1.54) is 0 Å². The van der Waals surface area contributed by atoms with Crippen molar-refractivity contribution >= 4 is 16.0 Å². The Bertz CT molecular complexity index is 742. The second kappa shape index (κ2) is 8.87. The van der Waals surface area contributed by atoms with Crippen LogP contribution in [0.25, 0.3) is 0 Å². The van der Waals surface area contributed by atoms with Gasteiger partial charge in [0.25, 0.3) is 0 Å². The Labute approximate surface area is 157 Å². The number of aromatic nitrogens is 1. The average molecular weight is 407 g/mol. The van der Waals surface area contributed by atoms with Crippen molar-refractivity contribution in [3.05, 3.63) is 29.6 Å². The number of hydrogen-bond acceptors (Lipinski definition) is 4. The molecule has 0 spiro atoms. The first kappa shape index (κ1) is 21.4. The molecule has 1 aliphatic rings. The lowest BCUT2D eigenvalue weighted by Gasteiger charge is -2.32. The molecular formula is C16H24F3N5O2S. The number of sulfonamides is 1. The van der Waals surface area contributed by atoms with Gasteiger partial charge in [0.05, 0.1) is 0 Å². The molecular weight excluding hydrogens is 383 g/mol. The van der Waals surface area contributed by atoms with Gasteiger partial charge in [0.15, 0.2) is 5.96 Å². The van der Waals surface area contributed by atoms with Crippen LogP contribution in [0, 0.1) is 6.92 Å². The van der Waals surface area contributed by atoms with E-state index in [0.29, 0.717) is 16.8 Å². The fourth-order valence-corrected chi connectivity index (χ4v) is 3.73. The molecule has 2 rings (SSSR count). The highest BCUT2D eigenvalue weighted by Gasteiger charge is 2.50. The first-order chi connectivity index (χ1) is 12.6. The zero-order valence-corrected chi connectivity index (χ0v) is 16.1. The van der Waals surface area contributed by atoms with Gasteiger partial charge in [-0.15, -0.1) is 0 Å². The summed E-state index contributed by atoms with van der Waals surface area (Å²) >= 11 is 0. The van der Waals surface area contributed by atoms with Crippen molar-refractivity contribution in [1.29, 1.82) is 0 Å². The number of nitrogens with zero attached hydrogens (tertiary/aromatic N) is 3. The first-order valence-electron chi connectivity index (χ1n) is 8.58. The molecule has 1 aromatic rings. The summed E-state index contributed by atoms with van der Waals surface area (Å²) in [6.45, 7) is 2.18. The van der Waals surface area contributed by atoms with E-state index >= 15 is 0 Å². The van der Waals surface area contributed by atoms with E-state index in [1.807, 2.05) is 25.3 Å². The van der Waals surface area contributed by atoms with E-state index in [1.54, 1.807) is 7.05 Å². The summed E-state index contributed by atoms with van der Waals surface area (Å²) < 4.78 is 61.2. The third-order valence-corrected chi connectivity index (χ3v) is 5.96. The fourth-order valence-electron chi connectivity index (χ4n) is 2.75. The van der Waals surface area contributed by atoms with Crippen molar-refractivity contribution in [2.45, 2.75) is 37.7 Å². The molecule has 27 heavy (non-hydrogen) atoms.